The second-order valence-corrected chi connectivity index (χ2v) is 6.10. The zero-order valence-corrected chi connectivity index (χ0v) is 14.5. The first-order valence-corrected chi connectivity index (χ1v) is 8.32. The number of fused-ring (bicyclic) bond motifs is 1. The molecule has 0 saturated heterocycles. The Morgan fingerprint density at radius 3 is 2.84 bits per heavy atom. The van der Waals surface area contributed by atoms with Crippen LogP contribution in [0.1, 0.15) is 5.56 Å². The molecule has 3 N–H and O–H groups in total. The number of aliphatic hydroxyl groups is 1. The predicted octanol–water partition coefficient (Wildman–Crippen LogP) is 3.04. The lowest BCUT2D eigenvalue weighted by atomic mass is 10.2. The van der Waals surface area contributed by atoms with Crippen LogP contribution in [0.5, 0.6) is 0 Å². The smallest absolute Gasteiger partial charge is 0.244 e. The standard InChI is InChI=1S/C18H19ClN4O2/c1-12-10-13(19)6-7-14(12)21-17(25)11-23-16-5-3-2-4-15(16)22-18(23)20-8-9-24/h2-7,10,24H,8-9,11H2,1H3,(H,20,22)(H,21,25). The third-order valence-electron chi connectivity index (χ3n) is 3.81. The van der Waals surface area contributed by atoms with Crippen LogP contribution >= 0.6 is 11.6 Å². The van der Waals surface area contributed by atoms with E-state index in [9.17, 15) is 4.79 Å². The molecule has 0 aliphatic heterocycles. The van der Waals surface area contributed by atoms with Crippen LogP contribution in [-0.2, 0) is 11.3 Å². The molecule has 0 spiro atoms. The largest absolute Gasteiger partial charge is 0.395 e. The fraction of sp³-hybridized carbons (Fsp3) is 0.222. The van der Waals surface area contributed by atoms with Crippen molar-refractivity contribution in [3.8, 4) is 0 Å². The predicted molar refractivity (Wildman–Crippen MR) is 100 cm³/mol. The van der Waals surface area contributed by atoms with Crippen molar-refractivity contribution in [3.05, 3.63) is 53.1 Å². The van der Waals surface area contributed by atoms with Gasteiger partial charge in [0.2, 0.25) is 11.9 Å². The van der Waals surface area contributed by atoms with Gasteiger partial charge in [-0.15, -0.1) is 0 Å². The van der Waals surface area contributed by atoms with Crippen LogP contribution in [0.2, 0.25) is 5.02 Å². The number of imidazole rings is 1. The fourth-order valence-corrected chi connectivity index (χ4v) is 2.87. The number of nitrogens with one attached hydrogen (secondary N) is 2. The van der Waals surface area contributed by atoms with Crippen molar-refractivity contribution in [1.82, 2.24) is 9.55 Å². The molecule has 0 fully saturated rings. The van der Waals surface area contributed by atoms with Crippen molar-refractivity contribution in [2.75, 3.05) is 23.8 Å². The summed E-state index contributed by atoms with van der Waals surface area (Å²) in [6.07, 6.45) is 0. The van der Waals surface area contributed by atoms with Gasteiger partial charge in [0.15, 0.2) is 0 Å². The number of halogens is 1. The molecule has 1 aromatic heterocycles. The number of aromatic nitrogens is 2. The molecule has 3 aromatic rings. The topological polar surface area (TPSA) is 79.2 Å². The third kappa shape index (κ3) is 3.92. The zero-order valence-electron chi connectivity index (χ0n) is 13.8. The van der Waals surface area contributed by atoms with Crippen molar-refractivity contribution in [2.24, 2.45) is 0 Å². The molecule has 0 radical (unpaired) electrons. The number of rotatable bonds is 6. The highest BCUT2D eigenvalue weighted by atomic mass is 35.5. The summed E-state index contributed by atoms with van der Waals surface area (Å²) >= 11 is 5.95. The summed E-state index contributed by atoms with van der Waals surface area (Å²) in [5, 5.41) is 15.6. The van der Waals surface area contributed by atoms with Crippen LogP contribution in [-0.4, -0.2) is 33.7 Å². The SMILES string of the molecule is Cc1cc(Cl)ccc1NC(=O)Cn1c(NCCO)nc2ccccc21. The highest BCUT2D eigenvalue weighted by Gasteiger charge is 2.14. The molecule has 0 saturated carbocycles. The number of amides is 1. The summed E-state index contributed by atoms with van der Waals surface area (Å²) in [5.74, 6) is 0.388. The van der Waals surface area contributed by atoms with E-state index in [4.69, 9.17) is 16.7 Å². The number of benzene rings is 2. The maximum absolute atomic E-state index is 12.5. The lowest BCUT2D eigenvalue weighted by Crippen LogP contribution is -2.21. The number of aliphatic hydroxyl groups excluding tert-OH is 1. The van der Waals surface area contributed by atoms with E-state index < -0.39 is 0 Å². The number of hydrogen-bond acceptors (Lipinski definition) is 4. The van der Waals surface area contributed by atoms with Gasteiger partial charge < -0.3 is 20.3 Å². The van der Waals surface area contributed by atoms with E-state index >= 15 is 0 Å². The summed E-state index contributed by atoms with van der Waals surface area (Å²) in [7, 11) is 0. The summed E-state index contributed by atoms with van der Waals surface area (Å²) in [5.41, 5.74) is 3.27. The number of nitrogens with zero attached hydrogens (tertiary/aromatic N) is 2. The van der Waals surface area contributed by atoms with Crippen LogP contribution in [0.3, 0.4) is 0 Å². The Morgan fingerprint density at radius 1 is 1.28 bits per heavy atom. The van der Waals surface area contributed by atoms with Crippen LogP contribution < -0.4 is 10.6 Å². The number of carbonyl (C=O) groups excluding carboxylic acids is 1. The van der Waals surface area contributed by atoms with Gasteiger partial charge in [0.1, 0.15) is 6.54 Å². The highest BCUT2D eigenvalue weighted by Crippen LogP contribution is 2.22. The second-order valence-electron chi connectivity index (χ2n) is 5.67. The van der Waals surface area contributed by atoms with Crippen molar-refractivity contribution < 1.29 is 9.90 Å². The molecule has 25 heavy (non-hydrogen) atoms. The molecule has 1 amide bonds. The van der Waals surface area contributed by atoms with Gasteiger partial charge in [-0.2, -0.15) is 0 Å². The second kappa shape index (κ2) is 7.55. The third-order valence-corrected chi connectivity index (χ3v) is 4.05. The van der Waals surface area contributed by atoms with Crippen molar-refractivity contribution in [1.29, 1.82) is 0 Å². The minimum atomic E-state index is -0.166. The average Bonchev–Trinajstić information content (AvgIpc) is 2.93. The van der Waals surface area contributed by atoms with E-state index in [0.717, 1.165) is 22.3 Å². The molecular weight excluding hydrogens is 340 g/mol. The van der Waals surface area contributed by atoms with Gasteiger partial charge in [-0.1, -0.05) is 23.7 Å². The molecule has 0 unspecified atom stereocenters. The number of aryl methyl sites for hydroxylation is 1. The Hall–Kier alpha value is -2.57. The van der Waals surface area contributed by atoms with Crippen molar-refractivity contribution in [2.45, 2.75) is 13.5 Å². The molecule has 1 heterocycles. The molecular formula is C18H19ClN4O2. The minimum absolute atomic E-state index is 0.0145. The van der Waals surface area contributed by atoms with E-state index in [-0.39, 0.29) is 19.1 Å². The minimum Gasteiger partial charge on any atom is -0.395 e. The Balaban J connectivity index is 1.84. The van der Waals surface area contributed by atoms with Crippen LogP contribution in [0.4, 0.5) is 11.6 Å². The molecule has 0 aliphatic rings. The van der Waals surface area contributed by atoms with E-state index in [0.29, 0.717) is 17.5 Å². The van der Waals surface area contributed by atoms with Gasteiger partial charge in [0, 0.05) is 17.3 Å². The Kier molecular flexibility index (Phi) is 5.21. The van der Waals surface area contributed by atoms with Gasteiger partial charge >= 0.3 is 0 Å². The molecule has 0 bridgehead atoms. The van der Waals surface area contributed by atoms with E-state index in [1.165, 1.54) is 0 Å². The lowest BCUT2D eigenvalue weighted by molar-refractivity contribution is -0.116. The Labute approximate surface area is 150 Å². The molecule has 2 aromatic carbocycles. The number of anilines is 2. The van der Waals surface area contributed by atoms with E-state index in [1.807, 2.05) is 31.2 Å². The normalized spacial score (nSPS) is 10.8. The number of hydrogen-bond donors (Lipinski definition) is 3. The molecule has 6 nitrogen and oxygen atoms in total. The van der Waals surface area contributed by atoms with Crippen LogP contribution in [0.25, 0.3) is 11.0 Å². The van der Waals surface area contributed by atoms with Gasteiger partial charge in [0.25, 0.3) is 0 Å². The number of para-hydroxylation sites is 2. The Morgan fingerprint density at radius 2 is 2.08 bits per heavy atom. The van der Waals surface area contributed by atoms with Crippen molar-refractivity contribution >= 4 is 40.2 Å². The summed E-state index contributed by atoms with van der Waals surface area (Å²) in [4.78, 5) is 17.0. The maximum atomic E-state index is 12.5. The lowest BCUT2D eigenvalue weighted by Gasteiger charge is -2.12. The quantitative estimate of drug-likeness (QED) is 0.632. The van der Waals surface area contributed by atoms with Gasteiger partial charge in [-0.3, -0.25) is 4.79 Å². The Bertz CT molecular complexity index is 907. The molecule has 0 atom stereocenters. The average molecular weight is 359 g/mol. The van der Waals surface area contributed by atoms with Gasteiger partial charge in [0.05, 0.1) is 17.6 Å². The highest BCUT2D eigenvalue weighted by molar-refractivity contribution is 6.30. The molecule has 130 valence electrons. The van der Waals surface area contributed by atoms with Gasteiger partial charge in [-0.25, -0.2) is 4.98 Å². The molecule has 3 rings (SSSR count). The van der Waals surface area contributed by atoms with E-state index in [1.54, 1.807) is 22.8 Å². The molecule has 7 heteroatoms. The van der Waals surface area contributed by atoms with Crippen LogP contribution in [0, 0.1) is 6.92 Å². The first-order valence-electron chi connectivity index (χ1n) is 7.94. The monoisotopic (exact) mass is 358 g/mol. The van der Waals surface area contributed by atoms with E-state index in [2.05, 4.69) is 15.6 Å². The summed E-state index contributed by atoms with van der Waals surface area (Å²) < 4.78 is 1.80. The zero-order chi connectivity index (χ0) is 17.8. The maximum Gasteiger partial charge on any atom is 0.244 e. The van der Waals surface area contributed by atoms with Crippen LogP contribution in [0.15, 0.2) is 42.5 Å². The first-order chi connectivity index (χ1) is 12.1. The number of carbonyl (C=O) groups is 1. The van der Waals surface area contributed by atoms with Crippen molar-refractivity contribution in [3.63, 3.8) is 0 Å². The fourth-order valence-electron chi connectivity index (χ4n) is 2.64. The first kappa shape index (κ1) is 17.3. The summed E-state index contributed by atoms with van der Waals surface area (Å²) in [6, 6.07) is 12.9. The summed E-state index contributed by atoms with van der Waals surface area (Å²) in [6.45, 7) is 2.35. The molecule has 0 aliphatic carbocycles. The van der Waals surface area contributed by atoms with Gasteiger partial charge in [-0.05, 0) is 42.8 Å².